The Morgan fingerprint density at radius 3 is 2.50 bits per heavy atom. The van der Waals surface area contributed by atoms with E-state index in [0.29, 0.717) is 12.0 Å². The molecule has 0 bridgehead atoms. The van der Waals surface area contributed by atoms with Gasteiger partial charge < -0.3 is 14.7 Å². The lowest BCUT2D eigenvalue weighted by Crippen LogP contribution is -2.43. The Kier molecular flexibility index (Phi) is 5.46. The molecule has 1 heterocycles. The predicted octanol–water partition coefficient (Wildman–Crippen LogP) is 2.28. The third kappa shape index (κ3) is 3.69. The zero-order valence-electron chi connectivity index (χ0n) is 12.0. The van der Waals surface area contributed by atoms with E-state index < -0.39 is 0 Å². The standard InChI is InChI=1S/C15H29NO2/c1-3-12-4-5-15(17)13(10-12)11-16-8-6-14(18-2)7-9-16/h12-15,17H,3-11H2,1-2H3. The molecule has 1 saturated carbocycles. The van der Waals surface area contributed by atoms with Crippen LogP contribution < -0.4 is 0 Å². The maximum absolute atomic E-state index is 10.2. The maximum atomic E-state index is 10.2. The summed E-state index contributed by atoms with van der Waals surface area (Å²) in [5.74, 6) is 1.35. The highest BCUT2D eigenvalue weighted by Crippen LogP contribution is 2.32. The fraction of sp³-hybridized carbons (Fsp3) is 1.00. The Morgan fingerprint density at radius 1 is 1.17 bits per heavy atom. The van der Waals surface area contributed by atoms with Crippen molar-refractivity contribution < 1.29 is 9.84 Å². The highest BCUT2D eigenvalue weighted by molar-refractivity contribution is 4.83. The van der Waals surface area contributed by atoms with Gasteiger partial charge in [-0.05, 0) is 43.9 Å². The van der Waals surface area contributed by atoms with E-state index in [4.69, 9.17) is 4.74 Å². The summed E-state index contributed by atoms with van der Waals surface area (Å²) >= 11 is 0. The molecule has 3 unspecified atom stereocenters. The van der Waals surface area contributed by atoms with Crippen LogP contribution in [0.2, 0.25) is 0 Å². The van der Waals surface area contributed by atoms with Crippen molar-refractivity contribution in [3.8, 4) is 0 Å². The molecule has 0 aromatic rings. The van der Waals surface area contributed by atoms with Crippen LogP contribution in [0.5, 0.6) is 0 Å². The molecule has 0 aromatic heterocycles. The quantitative estimate of drug-likeness (QED) is 0.836. The topological polar surface area (TPSA) is 32.7 Å². The third-order valence-corrected chi connectivity index (χ3v) is 4.99. The van der Waals surface area contributed by atoms with Crippen molar-refractivity contribution in [2.75, 3.05) is 26.7 Å². The molecule has 3 heteroatoms. The van der Waals surface area contributed by atoms with E-state index in [9.17, 15) is 5.11 Å². The van der Waals surface area contributed by atoms with Gasteiger partial charge in [-0.3, -0.25) is 0 Å². The van der Waals surface area contributed by atoms with Gasteiger partial charge in [-0.2, -0.15) is 0 Å². The van der Waals surface area contributed by atoms with Crippen LogP contribution in [0.4, 0.5) is 0 Å². The van der Waals surface area contributed by atoms with E-state index in [2.05, 4.69) is 11.8 Å². The van der Waals surface area contributed by atoms with Crippen LogP contribution in [0.25, 0.3) is 0 Å². The van der Waals surface area contributed by atoms with Crippen molar-refractivity contribution in [2.45, 2.75) is 57.7 Å². The van der Waals surface area contributed by atoms with Gasteiger partial charge in [0.1, 0.15) is 0 Å². The van der Waals surface area contributed by atoms with Crippen LogP contribution in [-0.4, -0.2) is 49.0 Å². The molecule has 2 aliphatic rings. The van der Waals surface area contributed by atoms with Crippen LogP contribution in [0.15, 0.2) is 0 Å². The normalized spacial score (nSPS) is 35.8. The first-order chi connectivity index (χ1) is 8.72. The Morgan fingerprint density at radius 2 is 1.89 bits per heavy atom. The lowest BCUT2D eigenvalue weighted by atomic mass is 9.78. The Balaban J connectivity index is 1.77. The van der Waals surface area contributed by atoms with Crippen LogP contribution in [0.1, 0.15) is 45.4 Å². The van der Waals surface area contributed by atoms with E-state index in [1.54, 1.807) is 0 Å². The van der Waals surface area contributed by atoms with Crippen LogP contribution >= 0.6 is 0 Å². The fourth-order valence-electron chi connectivity index (χ4n) is 3.57. The minimum Gasteiger partial charge on any atom is -0.393 e. The summed E-state index contributed by atoms with van der Waals surface area (Å²) in [4.78, 5) is 2.53. The monoisotopic (exact) mass is 255 g/mol. The van der Waals surface area contributed by atoms with E-state index in [1.807, 2.05) is 7.11 Å². The van der Waals surface area contributed by atoms with Crippen molar-refractivity contribution in [2.24, 2.45) is 11.8 Å². The highest BCUT2D eigenvalue weighted by atomic mass is 16.5. The molecule has 3 nitrogen and oxygen atoms in total. The molecule has 1 aliphatic heterocycles. The number of methoxy groups -OCH3 is 1. The average molecular weight is 255 g/mol. The SMILES string of the molecule is CCC1CCC(O)C(CN2CCC(OC)CC2)C1. The molecular weight excluding hydrogens is 226 g/mol. The zero-order valence-corrected chi connectivity index (χ0v) is 12.0. The lowest BCUT2D eigenvalue weighted by Gasteiger charge is -2.38. The molecule has 1 saturated heterocycles. The molecule has 3 atom stereocenters. The number of rotatable bonds is 4. The molecule has 1 aliphatic carbocycles. The van der Waals surface area contributed by atoms with E-state index >= 15 is 0 Å². The Labute approximate surface area is 112 Å². The summed E-state index contributed by atoms with van der Waals surface area (Å²) in [5, 5.41) is 10.2. The number of piperidine rings is 1. The molecule has 1 N–H and O–H groups in total. The highest BCUT2D eigenvalue weighted by Gasteiger charge is 2.30. The second-order valence-electron chi connectivity index (χ2n) is 6.15. The van der Waals surface area contributed by atoms with Gasteiger partial charge in [0, 0.05) is 26.7 Å². The summed E-state index contributed by atoms with van der Waals surface area (Å²) in [6, 6.07) is 0. The minimum atomic E-state index is -0.0621. The van der Waals surface area contributed by atoms with Crippen LogP contribution in [-0.2, 0) is 4.74 Å². The van der Waals surface area contributed by atoms with Crippen molar-refractivity contribution in [3.63, 3.8) is 0 Å². The van der Waals surface area contributed by atoms with Crippen molar-refractivity contribution in [1.29, 1.82) is 0 Å². The van der Waals surface area contributed by atoms with Gasteiger partial charge in [-0.15, -0.1) is 0 Å². The maximum Gasteiger partial charge on any atom is 0.0595 e. The van der Waals surface area contributed by atoms with Gasteiger partial charge in [-0.25, -0.2) is 0 Å². The van der Waals surface area contributed by atoms with E-state index in [-0.39, 0.29) is 6.10 Å². The largest absolute Gasteiger partial charge is 0.393 e. The zero-order chi connectivity index (χ0) is 13.0. The van der Waals surface area contributed by atoms with Crippen molar-refractivity contribution in [3.05, 3.63) is 0 Å². The summed E-state index contributed by atoms with van der Waals surface area (Å²) in [5.41, 5.74) is 0. The molecule has 18 heavy (non-hydrogen) atoms. The number of ether oxygens (including phenoxy) is 1. The molecule has 2 fully saturated rings. The predicted molar refractivity (Wildman–Crippen MR) is 73.6 cm³/mol. The molecule has 106 valence electrons. The van der Waals surface area contributed by atoms with E-state index in [0.717, 1.165) is 44.8 Å². The number of likely N-dealkylation sites (tertiary alicyclic amines) is 1. The number of nitrogens with zero attached hydrogens (tertiary/aromatic N) is 1. The van der Waals surface area contributed by atoms with Gasteiger partial charge in [0.25, 0.3) is 0 Å². The number of aliphatic hydroxyl groups excluding tert-OH is 1. The summed E-state index contributed by atoms with van der Waals surface area (Å²) < 4.78 is 5.41. The van der Waals surface area contributed by atoms with Gasteiger partial charge in [0.2, 0.25) is 0 Å². The van der Waals surface area contributed by atoms with Crippen molar-refractivity contribution >= 4 is 0 Å². The molecule has 0 aromatic carbocycles. The first-order valence-electron chi connectivity index (χ1n) is 7.66. The molecule has 0 radical (unpaired) electrons. The van der Waals surface area contributed by atoms with Gasteiger partial charge in [0.15, 0.2) is 0 Å². The van der Waals surface area contributed by atoms with Crippen LogP contribution in [0, 0.1) is 11.8 Å². The molecule has 2 rings (SSSR count). The first kappa shape index (κ1) is 14.3. The third-order valence-electron chi connectivity index (χ3n) is 4.99. The lowest BCUT2D eigenvalue weighted by molar-refractivity contribution is 0.00170. The second-order valence-corrected chi connectivity index (χ2v) is 6.15. The number of hydrogen-bond acceptors (Lipinski definition) is 3. The van der Waals surface area contributed by atoms with E-state index in [1.165, 1.54) is 19.3 Å². The smallest absolute Gasteiger partial charge is 0.0595 e. The van der Waals surface area contributed by atoms with Gasteiger partial charge in [0.05, 0.1) is 12.2 Å². The first-order valence-corrected chi connectivity index (χ1v) is 7.66. The van der Waals surface area contributed by atoms with Gasteiger partial charge in [-0.1, -0.05) is 13.3 Å². The van der Waals surface area contributed by atoms with Crippen LogP contribution in [0.3, 0.4) is 0 Å². The fourth-order valence-corrected chi connectivity index (χ4v) is 3.57. The van der Waals surface area contributed by atoms with Crippen molar-refractivity contribution in [1.82, 2.24) is 4.90 Å². The summed E-state index contributed by atoms with van der Waals surface area (Å²) in [7, 11) is 1.82. The Hall–Kier alpha value is -0.120. The Bertz CT molecular complexity index is 239. The summed E-state index contributed by atoms with van der Waals surface area (Å²) in [6.07, 6.45) is 7.43. The molecule has 0 spiro atoms. The second kappa shape index (κ2) is 6.88. The number of aliphatic hydroxyl groups is 1. The molecular formula is C15H29NO2. The number of hydrogen-bond donors (Lipinski definition) is 1. The summed E-state index contributed by atoms with van der Waals surface area (Å²) in [6.45, 7) is 5.65. The molecule has 0 amide bonds. The van der Waals surface area contributed by atoms with Gasteiger partial charge >= 0.3 is 0 Å². The average Bonchev–Trinajstić information content (AvgIpc) is 2.42. The minimum absolute atomic E-state index is 0.0621.